The number of fused-ring (bicyclic) bond motifs is 2. The van der Waals surface area contributed by atoms with E-state index in [0.29, 0.717) is 18.8 Å². The molecule has 0 spiro atoms. The largest absolute Gasteiger partial charge is 0.444 e. The fourth-order valence-electron chi connectivity index (χ4n) is 4.62. The molecule has 4 rings (SSSR count). The number of nitrogens with two attached hydrogens (primary N) is 1. The Hall–Kier alpha value is -2.63. The fourth-order valence-corrected chi connectivity index (χ4v) is 4.62. The molecule has 3 aliphatic rings. The van der Waals surface area contributed by atoms with Crippen molar-refractivity contribution in [2.45, 2.75) is 64.9 Å². The van der Waals surface area contributed by atoms with Crippen molar-refractivity contribution in [1.29, 1.82) is 0 Å². The number of nitrogens with zero attached hydrogens (tertiary/aromatic N) is 2. The SMILES string of the molecule is CC(C)(C)OC(=O)N1CCC=C(c2cnc(C(N)=O)c3c2C2=C(CCCC2)C3)C1. The van der Waals surface area contributed by atoms with Crippen molar-refractivity contribution in [1.82, 2.24) is 9.88 Å². The lowest BCUT2D eigenvalue weighted by Gasteiger charge is -2.31. The molecule has 0 fully saturated rings. The zero-order valence-corrected chi connectivity index (χ0v) is 17.5. The number of ether oxygens (including phenoxy) is 1. The van der Waals surface area contributed by atoms with Crippen LogP contribution >= 0.6 is 0 Å². The van der Waals surface area contributed by atoms with Gasteiger partial charge in [-0.3, -0.25) is 9.78 Å². The van der Waals surface area contributed by atoms with Crippen molar-refractivity contribution in [3.05, 3.63) is 40.2 Å². The van der Waals surface area contributed by atoms with Crippen molar-refractivity contribution in [3.8, 4) is 0 Å². The summed E-state index contributed by atoms with van der Waals surface area (Å²) < 4.78 is 5.56. The van der Waals surface area contributed by atoms with E-state index in [4.69, 9.17) is 10.5 Å². The summed E-state index contributed by atoms with van der Waals surface area (Å²) in [5.74, 6) is -0.472. The molecule has 0 aromatic carbocycles. The molecule has 29 heavy (non-hydrogen) atoms. The van der Waals surface area contributed by atoms with Gasteiger partial charge in [-0.2, -0.15) is 0 Å². The Morgan fingerprint density at radius 1 is 1.21 bits per heavy atom. The molecule has 6 nitrogen and oxygen atoms in total. The molecule has 0 unspecified atom stereocenters. The second kappa shape index (κ2) is 7.32. The fraction of sp³-hybridized carbons (Fsp3) is 0.522. The minimum atomic E-state index is -0.522. The summed E-state index contributed by atoms with van der Waals surface area (Å²) in [6.07, 6.45) is 9.66. The van der Waals surface area contributed by atoms with E-state index in [2.05, 4.69) is 11.1 Å². The van der Waals surface area contributed by atoms with Gasteiger partial charge < -0.3 is 15.4 Å². The van der Waals surface area contributed by atoms with Gasteiger partial charge in [0.05, 0.1) is 0 Å². The first-order valence-corrected chi connectivity index (χ1v) is 10.4. The van der Waals surface area contributed by atoms with Crippen molar-refractivity contribution >= 4 is 23.1 Å². The van der Waals surface area contributed by atoms with Crippen LogP contribution in [0.2, 0.25) is 0 Å². The highest BCUT2D eigenvalue weighted by Crippen LogP contribution is 2.45. The maximum Gasteiger partial charge on any atom is 0.410 e. The lowest BCUT2D eigenvalue weighted by Crippen LogP contribution is -2.39. The molecular formula is C23H29N3O3. The third-order valence-corrected chi connectivity index (χ3v) is 5.84. The minimum absolute atomic E-state index is 0.293. The Bertz CT molecular complexity index is 937. The summed E-state index contributed by atoms with van der Waals surface area (Å²) in [6, 6.07) is 0. The van der Waals surface area contributed by atoms with Gasteiger partial charge in [-0.25, -0.2) is 4.79 Å². The second-order valence-electron chi connectivity index (χ2n) is 9.12. The van der Waals surface area contributed by atoms with Gasteiger partial charge in [0.2, 0.25) is 0 Å². The Kier molecular flexibility index (Phi) is 4.97. The molecule has 2 amide bonds. The quantitative estimate of drug-likeness (QED) is 0.817. The van der Waals surface area contributed by atoms with Crippen LogP contribution in [0.4, 0.5) is 4.79 Å². The number of hydrogen-bond donors (Lipinski definition) is 1. The number of primary amides is 1. The van der Waals surface area contributed by atoms with E-state index in [1.54, 1.807) is 11.1 Å². The normalized spacial score (nSPS) is 18.9. The van der Waals surface area contributed by atoms with E-state index < -0.39 is 11.5 Å². The van der Waals surface area contributed by atoms with Crippen LogP contribution in [0.5, 0.6) is 0 Å². The lowest BCUT2D eigenvalue weighted by atomic mass is 9.88. The van der Waals surface area contributed by atoms with Crippen LogP contribution < -0.4 is 5.73 Å². The van der Waals surface area contributed by atoms with Gasteiger partial charge in [0.25, 0.3) is 5.91 Å². The van der Waals surface area contributed by atoms with Crippen molar-refractivity contribution in [3.63, 3.8) is 0 Å². The average molecular weight is 396 g/mol. The zero-order valence-electron chi connectivity index (χ0n) is 17.5. The third kappa shape index (κ3) is 3.80. The van der Waals surface area contributed by atoms with Crippen molar-refractivity contribution in [2.75, 3.05) is 13.1 Å². The van der Waals surface area contributed by atoms with E-state index in [0.717, 1.165) is 54.4 Å². The summed E-state index contributed by atoms with van der Waals surface area (Å²) >= 11 is 0. The highest BCUT2D eigenvalue weighted by atomic mass is 16.6. The number of allylic oxidation sites excluding steroid dienone is 2. The molecule has 1 aliphatic heterocycles. The van der Waals surface area contributed by atoms with Crippen LogP contribution in [-0.2, 0) is 11.2 Å². The van der Waals surface area contributed by atoms with Crippen molar-refractivity contribution in [2.24, 2.45) is 5.73 Å². The van der Waals surface area contributed by atoms with Gasteiger partial charge in [0.15, 0.2) is 0 Å². The number of rotatable bonds is 2. The van der Waals surface area contributed by atoms with Gasteiger partial charge >= 0.3 is 6.09 Å². The first-order valence-electron chi connectivity index (χ1n) is 10.4. The number of carbonyl (C=O) groups excluding carboxylic acids is 2. The van der Waals surface area contributed by atoms with Crippen LogP contribution in [-0.4, -0.2) is 40.6 Å². The molecule has 0 bridgehead atoms. The van der Waals surface area contributed by atoms with E-state index in [1.807, 2.05) is 20.8 Å². The van der Waals surface area contributed by atoms with Crippen LogP contribution in [0.25, 0.3) is 11.1 Å². The molecule has 2 heterocycles. The Balaban J connectivity index is 1.70. The summed E-state index contributed by atoms with van der Waals surface area (Å²) in [5.41, 5.74) is 12.5. The Morgan fingerprint density at radius 3 is 2.69 bits per heavy atom. The predicted octanol–water partition coefficient (Wildman–Crippen LogP) is 4.09. The Labute approximate surface area is 171 Å². The molecule has 2 N–H and O–H groups in total. The average Bonchev–Trinajstić information content (AvgIpc) is 3.05. The topological polar surface area (TPSA) is 85.5 Å². The first-order chi connectivity index (χ1) is 13.7. The second-order valence-corrected chi connectivity index (χ2v) is 9.12. The smallest absolute Gasteiger partial charge is 0.410 e. The van der Waals surface area contributed by atoms with Gasteiger partial charge in [0, 0.05) is 24.8 Å². The van der Waals surface area contributed by atoms with Gasteiger partial charge in [-0.05, 0) is 81.6 Å². The summed E-state index contributed by atoms with van der Waals surface area (Å²) in [7, 11) is 0. The van der Waals surface area contributed by atoms with E-state index in [-0.39, 0.29) is 6.09 Å². The van der Waals surface area contributed by atoms with Crippen LogP contribution in [0.3, 0.4) is 0 Å². The number of aromatic nitrogens is 1. The molecule has 0 saturated carbocycles. The van der Waals surface area contributed by atoms with E-state index in [9.17, 15) is 9.59 Å². The van der Waals surface area contributed by atoms with Crippen LogP contribution in [0, 0.1) is 0 Å². The van der Waals surface area contributed by atoms with Gasteiger partial charge in [-0.15, -0.1) is 0 Å². The highest BCUT2D eigenvalue weighted by molar-refractivity contribution is 5.97. The summed E-state index contributed by atoms with van der Waals surface area (Å²) in [4.78, 5) is 30.8. The summed E-state index contributed by atoms with van der Waals surface area (Å²) in [6.45, 7) is 6.76. The van der Waals surface area contributed by atoms with Crippen LogP contribution in [0.15, 0.2) is 17.8 Å². The number of amides is 2. The molecule has 0 atom stereocenters. The molecule has 1 aromatic rings. The Morgan fingerprint density at radius 2 is 1.97 bits per heavy atom. The monoisotopic (exact) mass is 395 g/mol. The number of carbonyl (C=O) groups is 2. The lowest BCUT2D eigenvalue weighted by molar-refractivity contribution is 0.0273. The highest BCUT2D eigenvalue weighted by Gasteiger charge is 2.32. The predicted molar refractivity (Wildman–Crippen MR) is 112 cm³/mol. The van der Waals surface area contributed by atoms with E-state index in [1.165, 1.54) is 17.6 Å². The zero-order chi connectivity index (χ0) is 20.8. The maximum atomic E-state index is 12.6. The van der Waals surface area contributed by atoms with Crippen LogP contribution in [0.1, 0.15) is 80.1 Å². The number of hydrogen-bond acceptors (Lipinski definition) is 4. The third-order valence-electron chi connectivity index (χ3n) is 5.84. The standard InChI is InChI=1S/C23H29N3O3/c1-23(2,3)29-22(28)26-10-6-8-15(13-26)18-12-25-20(21(24)27)17-11-14-7-4-5-9-16(14)19(17)18/h8,12H,4-7,9-11,13H2,1-3H3,(H2,24,27). The van der Waals surface area contributed by atoms with Crippen molar-refractivity contribution < 1.29 is 14.3 Å². The van der Waals surface area contributed by atoms with E-state index >= 15 is 0 Å². The summed E-state index contributed by atoms with van der Waals surface area (Å²) in [5, 5.41) is 0. The molecule has 0 saturated heterocycles. The molecule has 1 aromatic heterocycles. The maximum absolute atomic E-state index is 12.6. The molecule has 2 aliphatic carbocycles. The first kappa shape index (κ1) is 19.7. The molecular weight excluding hydrogens is 366 g/mol. The minimum Gasteiger partial charge on any atom is -0.444 e. The van der Waals surface area contributed by atoms with Gasteiger partial charge in [0.1, 0.15) is 11.3 Å². The molecule has 6 heteroatoms. The molecule has 154 valence electrons. The number of pyridine rings is 1. The van der Waals surface area contributed by atoms with Gasteiger partial charge in [-0.1, -0.05) is 11.6 Å². The molecule has 0 radical (unpaired) electrons.